The molecule has 1 aromatic rings. The number of fused-ring (bicyclic) bond motifs is 1. The second kappa shape index (κ2) is 7.95. The van der Waals surface area contributed by atoms with Crippen molar-refractivity contribution >= 4 is 0 Å². The molecule has 2 nitrogen and oxygen atoms in total. The fourth-order valence-corrected chi connectivity index (χ4v) is 3.13. The molecule has 0 amide bonds. The highest BCUT2D eigenvalue weighted by atomic mass is 14.9. The molecule has 1 aliphatic heterocycles. The Labute approximate surface area is 130 Å². The molecular formula is C19H32N2. The van der Waals surface area contributed by atoms with Gasteiger partial charge in [-0.3, -0.25) is 0 Å². The molecule has 2 rings (SSSR count). The fourth-order valence-electron chi connectivity index (χ4n) is 3.13. The molecule has 0 radical (unpaired) electrons. The highest BCUT2D eigenvalue weighted by Crippen LogP contribution is 2.23. The number of hydrogen-bond donors (Lipinski definition) is 2. The van der Waals surface area contributed by atoms with Gasteiger partial charge in [-0.25, -0.2) is 0 Å². The summed E-state index contributed by atoms with van der Waals surface area (Å²) in [5, 5.41) is 7.11. The van der Waals surface area contributed by atoms with Crippen molar-refractivity contribution in [3.05, 3.63) is 34.9 Å². The molecule has 0 unspecified atom stereocenters. The molecule has 0 atom stereocenters. The van der Waals surface area contributed by atoms with Crippen LogP contribution in [-0.4, -0.2) is 13.1 Å². The summed E-state index contributed by atoms with van der Waals surface area (Å²) in [6.07, 6.45) is 6.53. The first kappa shape index (κ1) is 16.5. The zero-order valence-corrected chi connectivity index (χ0v) is 14.1. The van der Waals surface area contributed by atoms with Crippen LogP contribution in [-0.2, 0) is 19.5 Å². The van der Waals surface area contributed by atoms with Gasteiger partial charge < -0.3 is 10.6 Å². The Hall–Kier alpha value is -0.860. The van der Waals surface area contributed by atoms with Crippen LogP contribution < -0.4 is 10.6 Å². The Morgan fingerprint density at radius 3 is 2.86 bits per heavy atom. The molecule has 1 aliphatic rings. The molecule has 118 valence electrons. The Morgan fingerprint density at radius 1 is 1.19 bits per heavy atom. The van der Waals surface area contributed by atoms with E-state index in [0.717, 1.165) is 26.2 Å². The van der Waals surface area contributed by atoms with Crippen molar-refractivity contribution in [2.45, 2.75) is 66.0 Å². The third-order valence-corrected chi connectivity index (χ3v) is 4.55. The molecule has 1 heterocycles. The van der Waals surface area contributed by atoms with Crippen molar-refractivity contribution in [2.75, 3.05) is 13.1 Å². The van der Waals surface area contributed by atoms with Crippen LogP contribution >= 0.6 is 0 Å². The maximum atomic E-state index is 3.66. The zero-order chi connectivity index (χ0) is 15.1. The van der Waals surface area contributed by atoms with Crippen molar-refractivity contribution in [1.29, 1.82) is 0 Å². The zero-order valence-electron chi connectivity index (χ0n) is 14.1. The van der Waals surface area contributed by atoms with Gasteiger partial charge in [0.05, 0.1) is 0 Å². The standard InChI is InChI=1S/C19H32N2/c1-4-5-6-10-19(2,3)15-21-13-16-7-8-17-9-11-20-14-18(17)12-16/h7-8,12,20-21H,4-6,9-11,13-15H2,1-3H3. The fraction of sp³-hybridized carbons (Fsp3) is 0.684. The summed E-state index contributed by atoms with van der Waals surface area (Å²) in [7, 11) is 0. The van der Waals surface area contributed by atoms with Crippen LogP contribution in [0.25, 0.3) is 0 Å². The maximum Gasteiger partial charge on any atom is 0.0208 e. The van der Waals surface area contributed by atoms with Crippen molar-refractivity contribution in [3.63, 3.8) is 0 Å². The third kappa shape index (κ3) is 5.44. The Kier molecular flexibility index (Phi) is 6.25. The van der Waals surface area contributed by atoms with E-state index < -0.39 is 0 Å². The molecular weight excluding hydrogens is 256 g/mol. The highest BCUT2D eigenvalue weighted by molar-refractivity contribution is 5.33. The number of nitrogens with one attached hydrogen (secondary N) is 2. The number of rotatable bonds is 8. The van der Waals surface area contributed by atoms with Crippen LogP contribution in [0.15, 0.2) is 18.2 Å². The second-order valence-corrected chi connectivity index (χ2v) is 7.25. The molecule has 0 bridgehead atoms. The van der Waals surface area contributed by atoms with Crippen molar-refractivity contribution < 1.29 is 0 Å². The van der Waals surface area contributed by atoms with E-state index in [2.05, 4.69) is 49.6 Å². The van der Waals surface area contributed by atoms with Gasteiger partial charge in [0.25, 0.3) is 0 Å². The minimum atomic E-state index is 0.408. The minimum Gasteiger partial charge on any atom is -0.312 e. The van der Waals surface area contributed by atoms with E-state index in [1.54, 1.807) is 0 Å². The van der Waals surface area contributed by atoms with Crippen molar-refractivity contribution in [2.24, 2.45) is 5.41 Å². The molecule has 0 saturated heterocycles. The molecule has 2 heteroatoms. The topological polar surface area (TPSA) is 24.1 Å². The number of unbranched alkanes of at least 4 members (excludes halogenated alkanes) is 2. The first-order valence-corrected chi connectivity index (χ1v) is 8.63. The largest absolute Gasteiger partial charge is 0.312 e. The van der Waals surface area contributed by atoms with Crippen LogP contribution in [0.3, 0.4) is 0 Å². The highest BCUT2D eigenvalue weighted by Gasteiger charge is 2.16. The van der Waals surface area contributed by atoms with E-state index >= 15 is 0 Å². The molecule has 2 N–H and O–H groups in total. The predicted molar refractivity (Wildman–Crippen MR) is 91.5 cm³/mol. The van der Waals surface area contributed by atoms with Gasteiger partial charge in [0, 0.05) is 19.6 Å². The molecule has 0 spiro atoms. The SMILES string of the molecule is CCCCCC(C)(C)CNCc1ccc2c(c1)CNCC2. The van der Waals surface area contributed by atoms with Crippen LogP contribution in [0.4, 0.5) is 0 Å². The molecule has 0 fully saturated rings. The van der Waals surface area contributed by atoms with E-state index in [0.29, 0.717) is 5.41 Å². The van der Waals surface area contributed by atoms with E-state index in [9.17, 15) is 0 Å². The summed E-state index contributed by atoms with van der Waals surface area (Å²) in [5.74, 6) is 0. The summed E-state index contributed by atoms with van der Waals surface area (Å²) < 4.78 is 0. The van der Waals surface area contributed by atoms with Gasteiger partial charge in [0.15, 0.2) is 0 Å². The number of hydrogen-bond acceptors (Lipinski definition) is 2. The van der Waals surface area contributed by atoms with E-state index in [-0.39, 0.29) is 0 Å². The third-order valence-electron chi connectivity index (χ3n) is 4.55. The van der Waals surface area contributed by atoms with Crippen molar-refractivity contribution in [1.82, 2.24) is 10.6 Å². The molecule has 0 aliphatic carbocycles. The number of benzene rings is 1. The maximum absolute atomic E-state index is 3.66. The lowest BCUT2D eigenvalue weighted by Gasteiger charge is -2.25. The lowest BCUT2D eigenvalue weighted by molar-refractivity contribution is 0.302. The lowest BCUT2D eigenvalue weighted by Crippen LogP contribution is -2.29. The molecule has 21 heavy (non-hydrogen) atoms. The van der Waals surface area contributed by atoms with Gasteiger partial charge in [-0.15, -0.1) is 0 Å². The Balaban J connectivity index is 1.77. The average Bonchev–Trinajstić information content (AvgIpc) is 2.47. The smallest absolute Gasteiger partial charge is 0.0208 e. The van der Waals surface area contributed by atoms with Gasteiger partial charge in [0.1, 0.15) is 0 Å². The second-order valence-electron chi connectivity index (χ2n) is 7.25. The van der Waals surface area contributed by atoms with Gasteiger partial charge in [-0.05, 0) is 41.5 Å². The Bertz CT molecular complexity index is 437. The first-order valence-electron chi connectivity index (χ1n) is 8.63. The quantitative estimate of drug-likeness (QED) is 0.706. The summed E-state index contributed by atoms with van der Waals surface area (Å²) in [5.41, 5.74) is 4.84. The van der Waals surface area contributed by atoms with E-state index in [4.69, 9.17) is 0 Å². The predicted octanol–water partition coefficient (Wildman–Crippen LogP) is 4.03. The first-order chi connectivity index (χ1) is 10.1. The van der Waals surface area contributed by atoms with E-state index in [1.165, 1.54) is 48.8 Å². The van der Waals surface area contributed by atoms with Gasteiger partial charge in [-0.1, -0.05) is 58.2 Å². The monoisotopic (exact) mass is 288 g/mol. The van der Waals surface area contributed by atoms with Crippen LogP contribution in [0.5, 0.6) is 0 Å². The van der Waals surface area contributed by atoms with Gasteiger partial charge in [0.2, 0.25) is 0 Å². The van der Waals surface area contributed by atoms with Crippen LogP contribution in [0, 0.1) is 5.41 Å². The normalized spacial score (nSPS) is 15.0. The lowest BCUT2D eigenvalue weighted by atomic mass is 9.87. The van der Waals surface area contributed by atoms with Crippen LogP contribution in [0.2, 0.25) is 0 Å². The average molecular weight is 288 g/mol. The van der Waals surface area contributed by atoms with Gasteiger partial charge >= 0.3 is 0 Å². The summed E-state index contributed by atoms with van der Waals surface area (Å²) in [4.78, 5) is 0. The summed E-state index contributed by atoms with van der Waals surface area (Å²) >= 11 is 0. The summed E-state index contributed by atoms with van der Waals surface area (Å²) in [6.45, 7) is 11.3. The van der Waals surface area contributed by atoms with Crippen LogP contribution in [0.1, 0.15) is 63.1 Å². The van der Waals surface area contributed by atoms with Crippen molar-refractivity contribution in [3.8, 4) is 0 Å². The minimum absolute atomic E-state index is 0.408. The molecule has 0 saturated carbocycles. The molecule has 0 aromatic heterocycles. The molecule has 1 aromatic carbocycles. The summed E-state index contributed by atoms with van der Waals surface area (Å²) in [6, 6.07) is 6.99. The van der Waals surface area contributed by atoms with E-state index in [1.807, 2.05) is 0 Å². The Morgan fingerprint density at radius 2 is 2.05 bits per heavy atom. The van der Waals surface area contributed by atoms with Gasteiger partial charge in [-0.2, -0.15) is 0 Å².